The van der Waals surface area contributed by atoms with Crippen LogP contribution in [0.25, 0.3) is 16.0 Å². The molecule has 4 aromatic carbocycles. The second-order valence-electron chi connectivity index (χ2n) is 23.6. The third kappa shape index (κ3) is 22.1. The molecule has 1 fully saturated rings. The number of amides is 4. The fraction of sp³-hybridized carbons (Fsp3) is 0.464. The van der Waals surface area contributed by atoms with Crippen LogP contribution in [0.15, 0.2) is 114 Å². The number of likely N-dealkylation sites (tertiary alicyclic amines) is 1. The van der Waals surface area contributed by atoms with Crippen molar-refractivity contribution in [1.29, 1.82) is 0 Å². The summed E-state index contributed by atoms with van der Waals surface area (Å²) in [6, 6.07) is 32.0. The van der Waals surface area contributed by atoms with Crippen molar-refractivity contribution in [3.05, 3.63) is 159 Å². The van der Waals surface area contributed by atoms with Gasteiger partial charge in [-0.3, -0.25) is 39.1 Å². The highest BCUT2D eigenvalue weighted by Gasteiger charge is 2.44. The number of aromatic nitrogens is 4. The molecule has 508 valence electrons. The molecular formula is C69H87N10O13PS2. The van der Waals surface area contributed by atoms with Gasteiger partial charge in [-0.2, -0.15) is 14.6 Å². The topological polar surface area (TPSA) is 275 Å². The number of H-pyrrole nitrogens is 1. The quantitative estimate of drug-likeness (QED) is 0.0110. The highest BCUT2D eigenvalue weighted by molar-refractivity contribution is 8.76. The van der Waals surface area contributed by atoms with Crippen LogP contribution in [-0.2, 0) is 54.7 Å². The van der Waals surface area contributed by atoms with E-state index in [1.807, 2.05) is 78.6 Å². The highest BCUT2D eigenvalue weighted by Crippen LogP contribution is 2.49. The van der Waals surface area contributed by atoms with Crippen LogP contribution in [0.1, 0.15) is 140 Å². The molecule has 5 atom stereocenters. The van der Waals surface area contributed by atoms with Gasteiger partial charge < -0.3 is 43.2 Å². The third-order valence-electron chi connectivity index (χ3n) is 15.5. The number of ketones is 1. The molecule has 1 aliphatic rings. The summed E-state index contributed by atoms with van der Waals surface area (Å²) in [5.41, 5.74) is 2.14. The number of carbonyl (C=O) groups excluding carboxylic acids is 7. The number of ether oxygens (including phenoxy) is 3. The van der Waals surface area contributed by atoms with Crippen molar-refractivity contribution in [3.63, 3.8) is 0 Å². The molecule has 0 aliphatic carbocycles. The summed E-state index contributed by atoms with van der Waals surface area (Å²) in [6.07, 6.45) is 4.63. The first-order chi connectivity index (χ1) is 45.5. The van der Waals surface area contributed by atoms with Crippen LogP contribution in [0.5, 0.6) is 11.5 Å². The predicted molar refractivity (Wildman–Crippen MR) is 369 cm³/mol. The van der Waals surface area contributed by atoms with Gasteiger partial charge in [0.25, 0.3) is 20.0 Å². The van der Waals surface area contributed by atoms with E-state index in [9.17, 15) is 28.8 Å². The van der Waals surface area contributed by atoms with Crippen LogP contribution in [0.2, 0.25) is 0 Å². The first-order valence-corrected chi connectivity index (χ1v) is 35.1. The standard InChI is InChI=1S/C68H87N10O11PS2.CO2/c1-44(2)64(82)74-67-73-63-62(66(84)75-67)72-54(40-70-63)41-76(49(9)79)55-28-22-50(23-29-55)65(83)71-47(7)20-30-57(80)19-16-38-91-92-48(8)21-35-61(81)77-42-60(89-90(88-37-36-69-10)78(45(3)4)46(5)6)39-56(77)43-87-68(51-17-14-13-15-18-51,52-24-31-58(85-11)32-25-52)53-26-33-59(86-12)34-27-53;2-1-3/h13-15,17-18,22-29,31-34,40,44-48,56,60H,16,19-21,30,35-39,41-43H2,1-9,11-12H3,(H,71,83)(H2,70,73,74,75,82,84);/t47-,48?,56+,60-,90?;/m1./s1. The lowest BCUT2D eigenvalue weighted by molar-refractivity contribution is -0.191. The van der Waals surface area contributed by atoms with E-state index in [0.29, 0.717) is 79.9 Å². The maximum atomic E-state index is 14.7. The number of hydrogen-bond donors (Lipinski definition) is 3. The van der Waals surface area contributed by atoms with Crippen molar-refractivity contribution < 1.29 is 56.8 Å². The minimum absolute atomic E-state index is 0.00560. The van der Waals surface area contributed by atoms with Crippen LogP contribution >= 0.6 is 30.1 Å². The van der Waals surface area contributed by atoms with E-state index in [1.165, 1.54) is 18.0 Å². The second-order valence-corrected chi connectivity index (χ2v) is 28.0. The molecule has 2 aromatic heterocycles. The largest absolute Gasteiger partial charge is 0.497 e. The van der Waals surface area contributed by atoms with Crippen LogP contribution in [0, 0.1) is 12.5 Å². The van der Waals surface area contributed by atoms with E-state index in [1.54, 1.807) is 73.9 Å². The van der Waals surface area contributed by atoms with Crippen molar-refractivity contribution >= 4 is 88.5 Å². The number of fused-ring (bicyclic) bond motifs is 1. The van der Waals surface area contributed by atoms with E-state index < -0.39 is 19.7 Å². The maximum absolute atomic E-state index is 14.7. The molecule has 0 radical (unpaired) electrons. The average molecular weight is 1360 g/mol. The maximum Gasteiger partial charge on any atom is 0.373 e. The van der Waals surface area contributed by atoms with E-state index in [4.69, 9.17) is 39.4 Å². The zero-order valence-electron chi connectivity index (χ0n) is 55.8. The lowest BCUT2D eigenvalue weighted by Crippen LogP contribution is -2.42. The van der Waals surface area contributed by atoms with Crippen molar-refractivity contribution in [2.24, 2.45) is 5.92 Å². The van der Waals surface area contributed by atoms with Crippen LogP contribution in [0.4, 0.5) is 11.6 Å². The minimum atomic E-state index is -1.58. The molecule has 1 saturated heterocycles. The fourth-order valence-electron chi connectivity index (χ4n) is 10.7. The summed E-state index contributed by atoms with van der Waals surface area (Å²) in [6.45, 7) is 25.6. The number of nitrogens with one attached hydrogen (secondary N) is 3. The van der Waals surface area contributed by atoms with Crippen molar-refractivity contribution in [1.82, 2.24) is 34.8 Å². The van der Waals surface area contributed by atoms with Gasteiger partial charge in [0.1, 0.15) is 29.5 Å². The number of Topliss-reactive ketones (excluding diaryl/α,β-unsaturated/α-hetero) is 1. The van der Waals surface area contributed by atoms with E-state index in [2.05, 4.69) is 86.8 Å². The number of hydrogen-bond acceptors (Lipinski definition) is 19. The van der Waals surface area contributed by atoms with Crippen LogP contribution in [-0.4, -0.2) is 147 Å². The van der Waals surface area contributed by atoms with Gasteiger partial charge in [-0.15, -0.1) is 0 Å². The molecule has 3 heterocycles. The first-order valence-electron chi connectivity index (χ1n) is 31.6. The highest BCUT2D eigenvalue weighted by atomic mass is 33.1. The molecule has 3 N–H and O–H groups in total. The average Bonchev–Trinajstić information content (AvgIpc) is 1.20. The zero-order chi connectivity index (χ0) is 69.2. The van der Waals surface area contributed by atoms with Crippen molar-refractivity contribution in [2.75, 3.05) is 56.5 Å². The Bertz CT molecular complexity index is 3560. The van der Waals surface area contributed by atoms with E-state index >= 15 is 0 Å². The molecule has 0 saturated carbocycles. The summed E-state index contributed by atoms with van der Waals surface area (Å²) in [7, 11) is 5.11. The van der Waals surface area contributed by atoms with E-state index in [0.717, 1.165) is 22.4 Å². The number of nitrogens with zero attached hydrogens (tertiary/aromatic N) is 7. The zero-order valence-corrected chi connectivity index (χ0v) is 58.4. The van der Waals surface area contributed by atoms with Gasteiger partial charge in [-0.1, -0.05) is 97.0 Å². The Morgan fingerprint density at radius 2 is 1.45 bits per heavy atom. The Labute approximate surface area is 565 Å². The number of anilines is 2. The van der Waals surface area contributed by atoms with E-state index in [-0.39, 0.29) is 120 Å². The Balaban J connectivity index is 0.00000467. The molecule has 0 bridgehead atoms. The molecule has 1 aliphatic heterocycles. The number of rotatable bonds is 35. The molecule has 4 amide bonds. The lowest BCUT2D eigenvalue weighted by atomic mass is 9.80. The molecule has 23 nitrogen and oxygen atoms in total. The molecule has 26 heteroatoms. The monoisotopic (exact) mass is 1360 g/mol. The summed E-state index contributed by atoms with van der Waals surface area (Å²) in [4.78, 5) is 117. The molecule has 0 spiro atoms. The number of carbonyl (C=O) groups is 5. The molecule has 2 unspecified atom stereocenters. The Morgan fingerprint density at radius 3 is 2.03 bits per heavy atom. The Hall–Kier alpha value is -7.91. The van der Waals surface area contributed by atoms with Gasteiger partial charge >= 0.3 is 6.15 Å². The number of benzene rings is 4. The van der Waals surface area contributed by atoms with Gasteiger partial charge in [0.15, 0.2) is 11.2 Å². The molecule has 7 rings (SSSR count). The smallest absolute Gasteiger partial charge is 0.373 e. The first kappa shape index (κ1) is 76.1. The molecular weight excluding hydrogens is 1270 g/mol. The summed E-state index contributed by atoms with van der Waals surface area (Å²) in [5, 5.41) is 5.67. The molecule has 95 heavy (non-hydrogen) atoms. The minimum Gasteiger partial charge on any atom is -0.497 e. The Morgan fingerprint density at radius 1 is 0.832 bits per heavy atom. The number of methoxy groups -OCH3 is 2. The second kappa shape index (κ2) is 38.0. The fourth-order valence-corrected chi connectivity index (χ4v) is 14.8. The van der Waals surface area contributed by atoms with Gasteiger partial charge in [0.2, 0.25) is 30.2 Å². The van der Waals surface area contributed by atoms with Gasteiger partial charge in [0, 0.05) is 79.0 Å². The summed E-state index contributed by atoms with van der Waals surface area (Å²) < 4.78 is 34.1. The predicted octanol–water partition coefficient (Wildman–Crippen LogP) is 11.4. The third-order valence-corrected chi connectivity index (χ3v) is 20.8. The van der Waals surface area contributed by atoms with Gasteiger partial charge in [-0.05, 0) is 126 Å². The normalized spacial score (nSPS) is 14.7. The van der Waals surface area contributed by atoms with Crippen LogP contribution in [0.3, 0.4) is 0 Å². The van der Waals surface area contributed by atoms with Gasteiger partial charge in [-0.25, -0.2) is 21.2 Å². The van der Waals surface area contributed by atoms with Crippen molar-refractivity contribution in [2.45, 2.75) is 155 Å². The van der Waals surface area contributed by atoms with Crippen LogP contribution < -0.4 is 30.6 Å². The van der Waals surface area contributed by atoms with Crippen molar-refractivity contribution in [3.8, 4) is 11.5 Å². The lowest BCUT2D eigenvalue weighted by Gasteiger charge is -2.38. The SMILES string of the molecule is O=C=O.[C-]#[N+]CCOP(O[C@@H]1C[C@@H](COC(c2ccccc2)(c2ccc(OC)cc2)c2ccc(OC)cc2)N(C(=O)CCC(C)SSCCCC(=O)CC[C@@H](C)NC(=O)c2ccc(N(Cc3cnc4nc(NC(=O)C(C)C)[nH]c(=O)c4n3)C(C)=O)cc2)C1)N(C(C)C)C(C)C. The van der Waals surface area contributed by atoms with Gasteiger partial charge in [0.05, 0.1) is 51.4 Å². The summed E-state index contributed by atoms with van der Waals surface area (Å²) in [5.74, 6) is 0.975. The Kier molecular flexibility index (Phi) is 30.4. The number of aromatic amines is 1. The summed E-state index contributed by atoms with van der Waals surface area (Å²) >= 11 is 0. The molecule has 6 aromatic rings.